The van der Waals surface area contributed by atoms with Crippen LogP contribution in [0, 0.1) is 0 Å². The lowest BCUT2D eigenvalue weighted by Gasteiger charge is -2.22. The van der Waals surface area contributed by atoms with Gasteiger partial charge in [-0.25, -0.2) is 0 Å². The molecular weight excluding hydrogens is 220 g/mol. The molecule has 2 atom stereocenters. The summed E-state index contributed by atoms with van der Waals surface area (Å²) in [6.45, 7) is 5.12. The Balaban J connectivity index is 2.39. The number of unbranched alkanes of at least 4 members (excludes halogenated alkanes) is 1. The maximum Gasteiger partial charge on any atom is 0.241 e. The van der Waals surface area contributed by atoms with Gasteiger partial charge in [0.25, 0.3) is 0 Å². The Kier molecular flexibility index (Phi) is 6.21. The number of thioether (sulfide) groups is 1. The van der Waals surface area contributed by atoms with E-state index in [1.165, 1.54) is 12.2 Å². The van der Waals surface area contributed by atoms with Gasteiger partial charge in [-0.1, -0.05) is 13.8 Å². The number of hydrogen-bond acceptors (Lipinski definition) is 3. The minimum atomic E-state index is 0.0606. The lowest BCUT2D eigenvalue weighted by Crippen LogP contribution is -2.37. The highest BCUT2D eigenvalue weighted by Gasteiger charge is 2.35. The molecule has 0 aromatic rings. The molecular formula is C12H24N2OS. The Hall–Kier alpha value is -0.220. The average molecular weight is 244 g/mol. The third kappa shape index (κ3) is 3.39. The fourth-order valence-corrected chi connectivity index (χ4v) is 2.67. The standard InChI is InChI=1S/C12H24N2OS/c1-4-10-12(15)14(11(5-2)13-10)8-6-7-9-16-3/h10-11,13H,4-9H2,1-3H3. The highest BCUT2D eigenvalue weighted by molar-refractivity contribution is 7.98. The van der Waals surface area contributed by atoms with Crippen LogP contribution in [0.25, 0.3) is 0 Å². The van der Waals surface area contributed by atoms with Gasteiger partial charge in [-0.2, -0.15) is 11.8 Å². The molecule has 1 amide bonds. The Morgan fingerprint density at radius 3 is 2.62 bits per heavy atom. The van der Waals surface area contributed by atoms with Crippen LogP contribution in [0.3, 0.4) is 0 Å². The van der Waals surface area contributed by atoms with Gasteiger partial charge in [0.1, 0.15) is 0 Å². The van der Waals surface area contributed by atoms with E-state index < -0.39 is 0 Å². The predicted octanol–water partition coefficient (Wildman–Crippen LogP) is 2.08. The summed E-state index contributed by atoms with van der Waals surface area (Å²) in [4.78, 5) is 14.1. The molecule has 1 N–H and O–H groups in total. The summed E-state index contributed by atoms with van der Waals surface area (Å²) in [5.41, 5.74) is 0. The first-order chi connectivity index (χ1) is 7.74. The maximum atomic E-state index is 12.0. The number of carbonyl (C=O) groups is 1. The first-order valence-corrected chi connectivity index (χ1v) is 7.69. The second-order valence-corrected chi connectivity index (χ2v) is 5.27. The van der Waals surface area contributed by atoms with Crippen molar-refractivity contribution in [1.82, 2.24) is 10.2 Å². The Morgan fingerprint density at radius 1 is 1.31 bits per heavy atom. The van der Waals surface area contributed by atoms with Crippen molar-refractivity contribution in [2.24, 2.45) is 0 Å². The number of rotatable bonds is 7. The van der Waals surface area contributed by atoms with Gasteiger partial charge < -0.3 is 4.90 Å². The highest BCUT2D eigenvalue weighted by Crippen LogP contribution is 2.16. The summed E-state index contributed by atoms with van der Waals surface area (Å²) < 4.78 is 0. The molecule has 1 aliphatic heterocycles. The van der Waals surface area contributed by atoms with Crippen molar-refractivity contribution in [3.8, 4) is 0 Å². The van der Waals surface area contributed by atoms with Crippen molar-refractivity contribution in [1.29, 1.82) is 0 Å². The van der Waals surface area contributed by atoms with Crippen molar-refractivity contribution in [3.05, 3.63) is 0 Å². The van der Waals surface area contributed by atoms with Crippen molar-refractivity contribution in [3.63, 3.8) is 0 Å². The molecule has 3 nitrogen and oxygen atoms in total. The Labute approximate surface area is 103 Å². The quantitative estimate of drug-likeness (QED) is 0.696. The lowest BCUT2D eigenvalue weighted by atomic mass is 10.2. The number of carbonyl (C=O) groups excluding carboxylic acids is 1. The van der Waals surface area contributed by atoms with Crippen LogP contribution in [0.2, 0.25) is 0 Å². The molecule has 0 radical (unpaired) electrons. The minimum absolute atomic E-state index is 0.0606. The molecule has 1 saturated heterocycles. The largest absolute Gasteiger partial charge is 0.326 e. The molecule has 1 aliphatic rings. The minimum Gasteiger partial charge on any atom is -0.326 e. The zero-order valence-corrected chi connectivity index (χ0v) is 11.5. The molecule has 94 valence electrons. The van der Waals surface area contributed by atoms with Crippen LogP contribution < -0.4 is 5.32 Å². The smallest absolute Gasteiger partial charge is 0.241 e. The molecule has 0 aromatic carbocycles. The first kappa shape index (κ1) is 13.8. The van der Waals surface area contributed by atoms with Gasteiger partial charge in [0.05, 0.1) is 12.2 Å². The third-order valence-electron chi connectivity index (χ3n) is 3.14. The average Bonchev–Trinajstić information content (AvgIpc) is 2.61. The van der Waals surface area contributed by atoms with Crippen molar-refractivity contribution >= 4 is 17.7 Å². The molecule has 0 bridgehead atoms. The van der Waals surface area contributed by atoms with Gasteiger partial charge in [-0.05, 0) is 37.7 Å². The second kappa shape index (κ2) is 7.17. The summed E-state index contributed by atoms with van der Waals surface area (Å²) in [6, 6.07) is 0.0606. The monoisotopic (exact) mass is 244 g/mol. The summed E-state index contributed by atoms with van der Waals surface area (Å²) in [5.74, 6) is 1.50. The molecule has 0 aliphatic carbocycles. The Morgan fingerprint density at radius 2 is 2.06 bits per heavy atom. The van der Waals surface area contributed by atoms with Gasteiger partial charge in [-0.3, -0.25) is 10.1 Å². The van der Waals surface area contributed by atoms with E-state index in [0.717, 1.165) is 25.8 Å². The van der Waals surface area contributed by atoms with Crippen molar-refractivity contribution < 1.29 is 4.79 Å². The van der Waals surface area contributed by atoms with Crippen molar-refractivity contribution in [2.75, 3.05) is 18.6 Å². The molecule has 0 aromatic heterocycles. The summed E-state index contributed by atoms with van der Waals surface area (Å²) in [5, 5.41) is 3.40. The van der Waals surface area contributed by atoms with E-state index in [4.69, 9.17) is 0 Å². The van der Waals surface area contributed by atoms with Crippen molar-refractivity contribution in [2.45, 2.75) is 51.7 Å². The van der Waals surface area contributed by atoms with Crippen LogP contribution in [-0.2, 0) is 4.79 Å². The zero-order valence-electron chi connectivity index (χ0n) is 10.7. The molecule has 1 rings (SSSR count). The number of hydrogen-bond donors (Lipinski definition) is 1. The van der Waals surface area contributed by atoms with Crippen LogP contribution in [0.1, 0.15) is 39.5 Å². The van der Waals surface area contributed by atoms with Gasteiger partial charge in [0.2, 0.25) is 5.91 Å². The third-order valence-corrected chi connectivity index (χ3v) is 3.84. The van der Waals surface area contributed by atoms with E-state index in [-0.39, 0.29) is 12.2 Å². The molecule has 2 unspecified atom stereocenters. The van der Waals surface area contributed by atoms with E-state index in [9.17, 15) is 4.79 Å². The number of nitrogens with one attached hydrogen (secondary N) is 1. The van der Waals surface area contributed by atoms with Gasteiger partial charge in [0, 0.05) is 6.54 Å². The van der Waals surface area contributed by atoms with Crippen LogP contribution in [-0.4, -0.2) is 41.6 Å². The van der Waals surface area contributed by atoms with E-state index in [1.807, 2.05) is 16.7 Å². The zero-order chi connectivity index (χ0) is 12.0. The van der Waals surface area contributed by atoms with Crippen LogP contribution in [0.4, 0.5) is 0 Å². The van der Waals surface area contributed by atoms with Crippen LogP contribution in [0.5, 0.6) is 0 Å². The number of nitrogens with zero attached hydrogens (tertiary/aromatic N) is 1. The fourth-order valence-electron chi connectivity index (χ4n) is 2.17. The normalized spacial score (nSPS) is 25.4. The van der Waals surface area contributed by atoms with Gasteiger partial charge in [0.15, 0.2) is 0 Å². The van der Waals surface area contributed by atoms with Gasteiger partial charge in [-0.15, -0.1) is 0 Å². The predicted molar refractivity (Wildman–Crippen MR) is 70.6 cm³/mol. The SMILES string of the molecule is CCC1NC(CC)N(CCCCSC)C1=O. The molecule has 1 heterocycles. The summed E-state index contributed by atoms with van der Waals surface area (Å²) in [6.07, 6.45) is 6.64. The number of amides is 1. The van der Waals surface area contributed by atoms with E-state index >= 15 is 0 Å². The highest BCUT2D eigenvalue weighted by atomic mass is 32.2. The topological polar surface area (TPSA) is 32.3 Å². The van der Waals surface area contributed by atoms with Crippen LogP contribution >= 0.6 is 11.8 Å². The first-order valence-electron chi connectivity index (χ1n) is 6.30. The molecule has 0 spiro atoms. The van der Waals surface area contributed by atoms with E-state index in [0.29, 0.717) is 5.91 Å². The summed E-state index contributed by atoms with van der Waals surface area (Å²) in [7, 11) is 0. The fraction of sp³-hybridized carbons (Fsp3) is 0.917. The van der Waals surface area contributed by atoms with Crippen LogP contribution in [0.15, 0.2) is 0 Å². The second-order valence-electron chi connectivity index (χ2n) is 4.28. The molecule has 16 heavy (non-hydrogen) atoms. The summed E-state index contributed by atoms with van der Waals surface area (Å²) >= 11 is 1.88. The molecule has 4 heteroatoms. The maximum absolute atomic E-state index is 12.0. The molecule has 0 saturated carbocycles. The molecule has 1 fully saturated rings. The Bertz CT molecular complexity index is 223. The van der Waals surface area contributed by atoms with Gasteiger partial charge >= 0.3 is 0 Å². The van der Waals surface area contributed by atoms with E-state index in [1.54, 1.807) is 0 Å². The van der Waals surface area contributed by atoms with E-state index in [2.05, 4.69) is 25.4 Å². The lowest BCUT2D eigenvalue weighted by molar-refractivity contribution is -0.130.